The molecule has 0 fully saturated rings. The molecule has 2 aromatic carbocycles. The van der Waals surface area contributed by atoms with Gasteiger partial charge in [0.05, 0.1) is 20.0 Å². The van der Waals surface area contributed by atoms with Crippen LogP contribution in [0.2, 0.25) is 0 Å². The van der Waals surface area contributed by atoms with Crippen LogP contribution in [0.25, 0.3) is 27.7 Å². The number of anilines is 1. The van der Waals surface area contributed by atoms with Gasteiger partial charge in [-0.1, -0.05) is 23.5 Å². The van der Waals surface area contributed by atoms with E-state index in [0.717, 1.165) is 49.6 Å². The number of fused-ring (bicyclic) bond motifs is 1. The molecule has 170 valence electrons. The van der Waals surface area contributed by atoms with Gasteiger partial charge in [0.1, 0.15) is 22.1 Å². The number of nitrogens with one attached hydrogen (secondary N) is 1. The Morgan fingerprint density at radius 3 is 2.76 bits per heavy atom. The van der Waals surface area contributed by atoms with Gasteiger partial charge in [-0.15, -0.1) is 10.2 Å². The van der Waals surface area contributed by atoms with Crippen LogP contribution in [-0.2, 0) is 4.79 Å². The molecule has 0 atom stereocenters. The van der Waals surface area contributed by atoms with Crippen LogP contribution in [0, 0.1) is 13.8 Å². The van der Waals surface area contributed by atoms with Gasteiger partial charge in [-0.2, -0.15) is 0 Å². The molecular weight excluding hydrogens is 438 g/mol. The highest BCUT2D eigenvalue weighted by Crippen LogP contribution is 2.41. The van der Waals surface area contributed by atoms with E-state index in [1.165, 1.54) is 11.3 Å². The molecule has 8 heteroatoms. The average Bonchev–Trinajstić information content (AvgIpc) is 3.41. The predicted octanol–water partition coefficient (Wildman–Crippen LogP) is 6.02. The van der Waals surface area contributed by atoms with Gasteiger partial charge in [-0.25, -0.2) is 0 Å². The minimum absolute atomic E-state index is 0.274. The molecule has 0 aliphatic heterocycles. The van der Waals surface area contributed by atoms with E-state index >= 15 is 0 Å². The first-order valence-corrected chi connectivity index (χ1v) is 11.3. The number of furan rings is 1. The fraction of sp³-hybridized carbons (Fsp3) is 0.240. The first kappa shape index (κ1) is 22.5. The number of allylic oxidation sites excluding steroid dienone is 1. The van der Waals surface area contributed by atoms with E-state index in [0.29, 0.717) is 17.5 Å². The molecule has 0 aliphatic rings. The van der Waals surface area contributed by atoms with E-state index in [-0.39, 0.29) is 5.91 Å². The van der Waals surface area contributed by atoms with Gasteiger partial charge in [-0.05, 0) is 57.0 Å². The summed E-state index contributed by atoms with van der Waals surface area (Å²) in [5, 5.41) is 12.8. The summed E-state index contributed by atoms with van der Waals surface area (Å²) in [5.74, 6) is 1.19. The zero-order chi connectivity index (χ0) is 23.5. The molecule has 0 aliphatic carbocycles. The first-order chi connectivity index (χ1) is 15.9. The maximum Gasteiger partial charge on any atom is 0.250 e. The van der Waals surface area contributed by atoms with Crippen LogP contribution in [0.1, 0.15) is 30.0 Å². The lowest BCUT2D eigenvalue weighted by Gasteiger charge is -2.15. The average molecular weight is 464 g/mol. The van der Waals surface area contributed by atoms with Gasteiger partial charge >= 0.3 is 0 Å². The molecule has 0 saturated carbocycles. The van der Waals surface area contributed by atoms with Crippen LogP contribution in [0.15, 0.2) is 47.1 Å². The second-order valence-corrected chi connectivity index (χ2v) is 8.69. The number of aromatic nitrogens is 2. The molecule has 0 radical (unpaired) electrons. The lowest BCUT2D eigenvalue weighted by atomic mass is 9.96. The van der Waals surface area contributed by atoms with Crippen molar-refractivity contribution in [3.63, 3.8) is 0 Å². The molecule has 4 aromatic rings. The molecule has 4 rings (SSSR count). The van der Waals surface area contributed by atoms with Crippen LogP contribution in [0.3, 0.4) is 0 Å². The van der Waals surface area contributed by atoms with Gasteiger partial charge < -0.3 is 13.9 Å². The van der Waals surface area contributed by atoms with E-state index in [4.69, 9.17) is 13.9 Å². The van der Waals surface area contributed by atoms with Crippen LogP contribution in [-0.4, -0.2) is 29.8 Å². The number of carbonyl (C=O) groups is 1. The van der Waals surface area contributed by atoms with Gasteiger partial charge in [0.15, 0.2) is 0 Å². The number of carbonyl (C=O) groups excluding carboxylic acids is 1. The molecule has 0 spiro atoms. The first-order valence-electron chi connectivity index (χ1n) is 10.5. The van der Waals surface area contributed by atoms with Crippen molar-refractivity contribution in [2.75, 3.05) is 19.0 Å². The molecule has 7 nitrogen and oxygen atoms in total. The molecule has 0 unspecified atom stereocenters. The smallest absolute Gasteiger partial charge is 0.250 e. The Morgan fingerprint density at radius 2 is 2.06 bits per heavy atom. The van der Waals surface area contributed by atoms with E-state index in [2.05, 4.69) is 15.5 Å². The number of hydrogen-bond acceptors (Lipinski definition) is 7. The lowest BCUT2D eigenvalue weighted by molar-refractivity contribution is -0.111. The van der Waals surface area contributed by atoms with Gasteiger partial charge in [0.2, 0.25) is 11.0 Å². The van der Waals surface area contributed by atoms with Crippen LogP contribution >= 0.6 is 11.3 Å². The van der Waals surface area contributed by atoms with E-state index < -0.39 is 0 Å². The van der Waals surface area contributed by atoms with E-state index in [1.54, 1.807) is 19.4 Å². The SMILES string of the molecule is CCOc1c(/C(C)=C/C(=O)Nc2nnc(C)s2)cc2c(-c3cccc(OC)c3)coc2c1C. The Labute approximate surface area is 196 Å². The van der Waals surface area contributed by atoms with Crippen molar-refractivity contribution in [2.45, 2.75) is 27.7 Å². The van der Waals surface area contributed by atoms with Crippen LogP contribution in [0.5, 0.6) is 11.5 Å². The van der Waals surface area contributed by atoms with E-state index in [9.17, 15) is 4.79 Å². The number of amides is 1. The largest absolute Gasteiger partial charge is 0.497 e. The van der Waals surface area contributed by atoms with Crippen molar-refractivity contribution < 1.29 is 18.7 Å². The second kappa shape index (κ2) is 9.46. The van der Waals surface area contributed by atoms with Crippen molar-refractivity contribution in [3.05, 3.63) is 58.8 Å². The number of nitrogens with zero attached hydrogens (tertiary/aromatic N) is 2. The Kier molecular flexibility index (Phi) is 6.46. The summed E-state index contributed by atoms with van der Waals surface area (Å²) in [6.07, 6.45) is 3.29. The van der Waals surface area contributed by atoms with Crippen LogP contribution < -0.4 is 14.8 Å². The number of benzene rings is 2. The van der Waals surface area contributed by atoms with Crippen molar-refractivity contribution in [3.8, 4) is 22.6 Å². The second-order valence-electron chi connectivity index (χ2n) is 7.51. The number of hydrogen-bond donors (Lipinski definition) is 1. The van der Waals surface area contributed by atoms with Gasteiger partial charge in [0, 0.05) is 28.2 Å². The highest BCUT2D eigenvalue weighted by atomic mass is 32.1. The minimum atomic E-state index is -0.274. The zero-order valence-corrected chi connectivity index (χ0v) is 20.0. The fourth-order valence-electron chi connectivity index (χ4n) is 3.72. The highest BCUT2D eigenvalue weighted by Gasteiger charge is 2.19. The van der Waals surface area contributed by atoms with Gasteiger partial charge in [-0.3, -0.25) is 10.1 Å². The minimum Gasteiger partial charge on any atom is -0.497 e. The monoisotopic (exact) mass is 463 g/mol. The maximum absolute atomic E-state index is 12.6. The topological polar surface area (TPSA) is 86.5 Å². The van der Waals surface area contributed by atoms with E-state index in [1.807, 2.05) is 58.0 Å². The normalized spacial score (nSPS) is 11.6. The highest BCUT2D eigenvalue weighted by molar-refractivity contribution is 7.15. The van der Waals surface area contributed by atoms with Crippen molar-refractivity contribution >= 4 is 38.9 Å². The quantitative estimate of drug-likeness (QED) is 0.337. The molecular formula is C25H25N3O4S. The third-order valence-corrected chi connectivity index (χ3v) is 6.00. The molecule has 2 aromatic heterocycles. The molecule has 0 bridgehead atoms. The number of ether oxygens (including phenoxy) is 2. The Balaban J connectivity index is 1.80. The van der Waals surface area contributed by atoms with Crippen molar-refractivity contribution in [1.82, 2.24) is 10.2 Å². The van der Waals surface area contributed by atoms with Crippen molar-refractivity contribution in [1.29, 1.82) is 0 Å². The predicted molar refractivity (Wildman–Crippen MR) is 131 cm³/mol. The number of aryl methyl sites for hydroxylation is 2. The Hall–Kier alpha value is -3.65. The zero-order valence-electron chi connectivity index (χ0n) is 19.2. The summed E-state index contributed by atoms with van der Waals surface area (Å²) in [7, 11) is 1.64. The molecule has 0 saturated heterocycles. The molecule has 2 heterocycles. The van der Waals surface area contributed by atoms with Gasteiger partial charge in [0.25, 0.3) is 0 Å². The summed E-state index contributed by atoms with van der Waals surface area (Å²) in [6.45, 7) is 8.12. The molecule has 1 amide bonds. The Morgan fingerprint density at radius 1 is 1.24 bits per heavy atom. The third-order valence-electron chi connectivity index (χ3n) is 5.24. The third kappa shape index (κ3) is 4.61. The molecule has 33 heavy (non-hydrogen) atoms. The lowest BCUT2D eigenvalue weighted by Crippen LogP contribution is -2.08. The number of methoxy groups -OCH3 is 1. The standard InChI is InChI=1S/C25H25N3O4S/c1-6-31-23-15(3)24-20(21(13-32-24)17-8-7-9-18(11-17)30-5)12-19(23)14(2)10-22(29)26-25-28-27-16(4)33-25/h7-13H,6H2,1-5H3,(H,26,28,29)/b14-10+. The molecule has 1 N–H and O–H groups in total. The Bertz CT molecular complexity index is 1350. The summed E-state index contributed by atoms with van der Waals surface area (Å²) >= 11 is 1.33. The summed E-state index contributed by atoms with van der Waals surface area (Å²) in [5.41, 5.74) is 5.15. The number of rotatable bonds is 7. The summed E-state index contributed by atoms with van der Waals surface area (Å²) in [4.78, 5) is 12.6. The summed E-state index contributed by atoms with van der Waals surface area (Å²) < 4.78 is 17.3. The van der Waals surface area contributed by atoms with Crippen molar-refractivity contribution in [2.24, 2.45) is 0 Å². The maximum atomic E-state index is 12.6. The fourth-order valence-corrected chi connectivity index (χ4v) is 4.31. The van der Waals surface area contributed by atoms with Crippen LogP contribution in [0.4, 0.5) is 5.13 Å². The summed E-state index contributed by atoms with van der Waals surface area (Å²) in [6, 6.07) is 9.84.